The molecule has 0 saturated carbocycles. The normalized spacial score (nSPS) is 15.9. The molecule has 0 bridgehead atoms. The molecular formula is C24H21ClN2O4S. The van der Waals surface area contributed by atoms with Gasteiger partial charge < -0.3 is 9.47 Å². The van der Waals surface area contributed by atoms with Gasteiger partial charge in [0.1, 0.15) is 5.75 Å². The predicted octanol–water partition coefficient (Wildman–Crippen LogP) is 3.46. The number of halogens is 1. The highest BCUT2D eigenvalue weighted by Gasteiger charge is 2.33. The van der Waals surface area contributed by atoms with Crippen LogP contribution in [-0.2, 0) is 9.53 Å². The van der Waals surface area contributed by atoms with E-state index in [4.69, 9.17) is 21.1 Å². The average Bonchev–Trinajstić information content (AvgIpc) is 3.08. The number of ether oxygens (including phenoxy) is 2. The minimum absolute atomic E-state index is 0.223. The number of methoxy groups -OCH3 is 1. The van der Waals surface area contributed by atoms with Gasteiger partial charge in [0.05, 0.1) is 35.6 Å². The van der Waals surface area contributed by atoms with Crippen LogP contribution in [0.25, 0.3) is 6.08 Å². The van der Waals surface area contributed by atoms with Crippen LogP contribution < -0.4 is 19.6 Å². The molecule has 164 valence electrons. The molecule has 0 aliphatic carbocycles. The number of rotatable bonds is 5. The van der Waals surface area contributed by atoms with Gasteiger partial charge in [-0.3, -0.25) is 9.36 Å². The van der Waals surface area contributed by atoms with Crippen LogP contribution in [0.5, 0.6) is 5.75 Å². The van der Waals surface area contributed by atoms with Crippen molar-refractivity contribution < 1.29 is 14.3 Å². The highest BCUT2D eigenvalue weighted by atomic mass is 35.5. The fraction of sp³-hybridized carbons (Fsp3) is 0.208. The van der Waals surface area contributed by atoms with Gasteiger partial charge in [0, 0.05) is 10.6 Å². The third-order valence-corrected chi connectivity index (χ3v) is 6.36. The Morgan fingerprint density at radius 1 is 1.22 bits per heavy atom. The lowest BCUT2D eigenvalue weighted by atomic mass is 9.96. The van der Waals surface area contributed by atoms with Gasteiger partial charge >= 0.3 is 5.97 Å². The molecule has 1 aliphatic heterocycles. The number of fused-ring (bicyclic) bond motifs is 1. The molecule has 0 amide bonds. The number of para-hydroxylation sites is 1. The number of esters is 1. The van der Waals surface area contributed by atoms with Gasteiger partial charge in [-0.1, -0.05) is 53.3 Å². The summed E-state index contributed by atoms with van der Waals surface area (Å²) in [7, 11) is 1.59. The Labute approximate surface area is 193 Å². The first-order valence-corrected chi connectivity index (χ1v) is 11.2. The second-order valence-corrected chi connectivity index (χ2v) is 8.54. The van der Waals surface area contributed by atoms with Crippen molar-refractivity contribution >= 4 is 35.0 Å². The number of benzene rings is 2. The van der Waals surface area contributed by atoms with Gasteiger partial charge in [0.15, 0.2) is 4.80 Å². The summed E-state index contributed by atoms with van der Waals surface area (Å²) in [5.74, 6) is 0.170. The van der Waals surface area contributed by atoms with E-state index in [2.05, 4.69) is 4.99 Å². The first-order chi connectivity index (χ1) is 15.4. The fourth-order valence-electron chi connectivity index (χ4n) is 3.68. The van der Waals surface area contributed by atoms with Crippen LogP contribution in [0.2, 0.25) is 5.02 Å². The summed E-state index contributed by atoms with van der Waals surface area (Å²) in [5, 5.41) is 0.565. The van der Waals surface area contributed by atoms with Gasteiger partial charge in [-0.2, -0.15) is 0 Å². The van der Waals surface area contributed by atoms with Gasteiger partial charge in [-0.05, 0) is 43.7 Å². The van der Waals surface area contributed by atoms with E-state index in [1.54, 1.807) is 43.7 Å². The topological polar surface area (TPSA) is 69.9 Å². The van der Waals surface area contributed by atoms with Crippen molar-refractivity contribution in [3.63, 3.8) is 0 Å². The van der Waals surface area contributed by atoms with Crippen molar-refractivity contribution in [2.24, 2.45) is 4.99 Å². The molecule has 0 radical (unpaired) electrons. The summed E-state index contributed by atoms with van der Waals surface area (Å²) in [5.41, 5.74) is 2.15. The SMILES string of the molecule is CCOC(=O)C1=C(C)N=c2s/c(=C\c3ccccc3OC)c(=O)n2[C@@H]1c1ccc(Cl)cc1. The second kappa shape index (κ2) is 9.14. The molecule has 8 heteroatoms. The summed E-state index contributed by atoms with van der Waals surface area (Å²) in [6.45, 7) is 3.72. The van der Waals surface area contributed by atoms with E-state index in [1.165, 1.54) is 11.3 Å². The summed E-state index contributed by atoms with van der Waals surface area (Å²) in [6, 6.07) is 13.9. The predicted molar refractivity (Wildman–Crippen MR) is 125 cm³/mol. The number of carbonyl (C=O) groups excluding carboxylic acids is 1. The third kappa shape index (κ3) is 4.01. The molecule has 3 aromatic rings. The molecule has 32 heavy (non-hydrogen) atoms. The Morgan fingerprint density at radius 2 is 1.94 bits per heavy atom. The molecule has 4 rings (SSSR count). The molecule has 1 atom stereocenters. The maximum atomic E-state index is 13.5. The fourth-order valence-corrected chi connectivity index (χ4v) is 4.84. The lowest BCUT2D eigenvalue weighted by Gasteiger charge is -2.24. The number of allylic oxidation sites excluding steroid dienone is 1. The van der Waals surface area contributed by atoms with E-state index in [0.29, 0.717) is 31.4 Å². The monoisotopic (exact) mass is 468 g/mol. The zero-order valence-electron chi connectivity index (χ0n) is 17.8. The smallest absolute Gasteiger partial charge is 0.338 e. The molecule has 0 spiro atoms. The van der Waals surface area contributed by atoms with E-state index in [9.17, 15) is 9.59 Å². The van der Waals surface area contributed by atoms with Crippen LogP contribution in [0, 0.1) is 0 Å². The summed E-state index contributed by atoms with van der Waals surface area (Å²) < 4.78 is 12.7. The molecule has 0 fully saturated rings. The van der Waals surface area contributed by atoms with Crippen LogP contribution in [0.4, 0.5) is 0 Å². The zero-order valence-corrected chi connectivity index (χ0v) is 19.4. The highest BCUT2D eigenvalue weighted by Crippen LogP contribution is 2.31. The molecular weight excluding hydrogens is 448 g/mol. The van der Waals surface area contributed by atoms with Crippen molar-refractivity contribution in [2.45, 2.75) is 19.9 Å². The van der Waals surface area contributed by atoms with Crippen molar-refractivity contribution in [2.75, 3.05) is 13.7 Å². The Balaban J connectivity index is 1.97. The molecule has 6 nitrogen and oxygen atoms in total. The van der Waals surface area contributed by atoms with Crippen molar-refractivity contribution in [1.29, 1.82) is 0 Å². The third-order valence-electron chi connectivity index (χ3n) is 5.13. The van der Waals surface area contributed by atoms with Gasteiger partial charge in [0.25, 0.3) is 5.56 Å². The maximum absolute atomic E-state index is 13.5. The molecule has 0 saturated heterocycles. The van der Waals surface area contributed by atoms with Crippen molar-refractivity contribution in [3.05, 3.63) is 95.6 Å². The Bertz CT molecular complexity index is 1390. The van der Waals surface area contributed by atoms with E-state index in [0.717, 1.165) is 11.1 Å². The molecule has 0 unspecified atom stereocenters. The minimum atomic E-state index is -0.664. The number of nitrogens with zero attached hydrogens (tertiary/aromatic N) is 2. The number of hydrogen-bond acceptors (Lipinski definition) is 6. The van der Waals surface area contributed by atoms with E-state index < -0.39 is 12.0 Å². The van der Waals surface area contributed by atoms with E-state index in [1.807, 2.05) is 36.4 Å². The largest absolute Gasteiger partial charge is 0.496 e. The summed E-state index contributed by atoms with van der Waals surface area (Å²) in [6.07, 6.45) is 1.78. The Kier molecular flexibility index (Phi) is 6.30. The second-order valence-electron chi connectivity index (χ2n) is 7.10. The van der Waals surface area contributed by atoms with Crippen LogP contribution in [0.3, 0.4) is 0 Å². The van der Waals surface area contributed by atoms with Crippen LogP contribution >= 0.6 is 22.9 Å². The molecule has 2 aromatic carbocycles. The first-order valence-electron chi connectivity index (χ1n) is 10.0. The van der Waals surface area contributed by atoms with Crippen LogP contribution in [0.15, 0.2) is 69.6 Å². The Hall–Kier alpha value is -3.16. The van der Waals surface area contributed by atoms with Crippen LogP contribution in [0.1, 0.15) is 31.0 Å². The standard InChI is InChI=1S/C24H21ClN2O4S/c1-4-31-23(29)20-14(2)26-24-27(21(20)15-9-11-17(25)12-10-15)22(28)19(32-24)13-16-7-5-6-8-18(16)30-3/h5-13,21H,4H2,1-3H3/b19-13-/t21-/m1/s1. The molecule has 0 N–H and O–H groups in total. The molecule has 1 aliphatic rings. The first kappa shape index (κ1) is 22.0. The molecule has 1 aromatic heterocycles. The maximum Gasteiger partial charge on any atom is 0.338 e. The molecule has 2 heterocycles. The quantitative estimate of drug-likeness (QED) is 0.538. The highest BCUT2D eigenvalue weighted by molar-refractivity contribution is 7.07. The lowest BCUT2D eigenvalue weighted by molar-refractivity contribution is -0.139. The Morgan fingerprint density at radius 3 is 2.62 bits per heavy atom. The van der Waals surface area contributed by atoms with Crippen molar-refractivity contribution in [3.8, 4) is 5.75 Å². The van der Waals surface area contributed by atoms with Gasteiger partial charge in [-0.25, -0.2) is 9.79 Å². The summed E-state index contributed by atoms with van der Waals surface area (Å²) in [4.78, 5) is 31.5. The van der Waals surface area contributed by atoms with E-state index >= 15 is 0 Å². The number of aromatic nitrogens is 1. The number of hydrogen-bond donors (Lipinski definition) is 0. The van der Waals surface area contributed by atoms with Gasteiger partial charge in [0.2, 0.25) is 0 Å². The van der Waals surface area contributed by atoms with Crippen LogP contribution in [-0.4, -0.2) is 24.3 Å². The van der Waals surface area contributed by atoms with Gasteiger partial charge in [-0.15, -0.1) is 0 Å². The van der Waals surface area contributed by atoms with E-state index in [-0.39, 0.29) is 12.2 Å². The number of thiazole rings is 1. The summed E-state index contributed by atoms with van der Waals surface area (Å²) >= 11 is 7.35. The lowest BCUT2D eigenvalue weighted by Crippen LogP contribution is -2.39. The average molecular weight is 469 g/mol. The minimum Gasteiger partial charge on any atom is -0.496 e. The number of carbonyl (C=O) groups is 1. The van der Waals surface area contributed by atoms with Crippen molar-refractivity contribution in [1.82, 2.24) is 4.57 Å². The zero-order chi connectivity index (χ0) is 22.8.